The van der Waals surface area contributed by atoms with E-state index in [1.807, 2.05) is 36.4 Å². The van der Waals surface area contributed by atoms with Gasteiger partial charge >= 0.3 is 0 Å². The van der Waals surface area contributed by atoms with Gasteiger partial charge in [0, 0.05) is 22.7 Å². The lowest BCUT2D eigenvalue weighted by Gasteiger charge is -2.06. The van der Waals surface area contributed by atoms with Crippen molar-refractivity contribution >= 4 is 46.8 Å². The Kier molecular flexibility index (Phi) is 5.09. The van der Waals surface area contributed by atoms with Gasteiger partial charge in [0.15, 0.2) is 11.9 Å². The fourth-order valence-corrected chi connectivity index (χ4v) is 3.77. The molecule has 1 N–H and O–H groups in total. The molecule has 2 heterocycles. The highest BCUT2D eigenvalue weighted by Gasteiger charge is 2.15. The first-order valence-corrected chi connectivity index (χ1v) is 9.63. The Bertz CT molecular complexity index is 1100. The second-order valence-corrected chi connectivity index (χ2v) is 7.23. The van der Waals surface area contributed by atoms with Crippen LogP contribution in [0.25, 0.3) is 5.65 Å². The summed E-state index contributed by atoms with van der Waals surface area (Å²) in [5.74, 6) is 1.35. The highest BCUT2D eigenvalue weighted by molar-refractivity contribution is 7.98. The summed E-state index contributed by atoms with van der Waals surface area (Å²) in [7, 11) is 0. The maximum atomic E-state index is 11.7. The molecule has 0 atom stereocenters. The van der Waals surface area contributed by atoms with Gasteiger partial charge in [-0.05, 0) is 29.8 Å². The molecule has 0 bridgehead atoms. The summed E-state index contributed by atoms with van der Waals surface area (Å²) >= 11 is 7.54. The third-order valence-electron chi connectivity index (χ3n) is 3.92. The molecule has 4 aromatic rings. The Labute approximate surface area is 165 Å². The minimum absolute atomic E-state index is 0.491. The summed E-state index contributed by atoms with van der Waals surface area (Å²) in [4.78, 5) is 16.2. The predicted octanol–water partition coefficient (Wildman–Crippen LogP) is 5.23. The molecule has 0 saturated heterocycles. The molecule has 0 aliphatic heterocycles. The first kappa shape index (κ1) is 17.6. The van der Waals surface area contributed by atoms with Gasteiger partial charge in [0.2, 0.25) is 0 Å². The van der Waals surface area contributed by atoms with Crippen LogP contribution in [-0.2, 0) is 5.75 Å². The molecule has 0 aliphatic carbocycles. The molecule has 134 valence electrons. The number of anilines is 2. The van der Waals surface area contributed by atoms with Gasteiger partial charge in [-0.2, -0.15) is 5.10 Å². The fourth-order valence-electron chi connectivity index (χ4n) is 2.65. The molecule has 0 radical (unpaired) electrons. The monoisotopic (exact) mass is 394 g/mol. The van der Waals surface area contributed by atoms with E-state index in [1.165, 1.54) is 17.3 Å². The number of rotatable bonds is 6. The van der Waals surface area contributed by atoms with E-state index in [0.717, 1.165) is 17.7 Å². The van der Waals surface area contributed by atoms with E-state index in [9.17, 15) is 4.79 Å². The normalized spacial score (nSPS) is 10.9. The van der Waals surface area contributed by atoms with Crippen molar-refractivity contribution in [2.75, 3.05) is 5.32 Å². The lowest BCUT2D eigenvalue weighted by Crippen LogP contribution is -1.97. The molecule has 0 spiro atoms. The molecule has 2 aromatic carbocycles. The number of aldehydes is 1. The first-order chi connectivity index (χ1) is 13.2. The van der Waals surface area contributed by atoms with Crippen LogP contribution in [0, 0.1) is 0 Å². The molecule has 0 saturated carbocycles. The molecule has 4 rings (SSSR count). The van der Waals surface area contributed by atoms with Crippen LogP contribution in [0.3, 0.4) is 0 Å². The summed E-state index contributed by atoms with van der Waals surface area (Å²) in [6, 6.07) is 19.3. The van der Waals surface area contributed by atoms with Crippen LogP contribution in [0.4, 0.5) is 11.5 Å². The highest BCUT2D eigenvalue weighted by atomic mass is 35.5. The molecular formula is C20H15ClN4OS. The number of aromatic nitrogens is 3. The van der Waals surface area contributed by atoms with Crippen LogP contribution >= 0.6 is 23.4 Å². The quantitative estimate of drug-likeness (QED) is 0.358. The molecule has 7 heteroatoms. The minimum atomic E-state index is 0.491. The number of hydrogen-bond donors (Lipinski definition) is 1. The number of nitrogens with zero attached hydrogens (tertiary/aromatic N) is 3. The molecule has 0 fully saturated rings. The Morgan fingerprint density at radius 1 is 1.11 bits per heavy atom. The van der Waals surface area contributed by atoms with Crippen molar-refractivity contribution < 1.29 is 4.79 Å². The van der Waals surface area contributed by atoms with Crippen molar-refractivity contribution in [1.29, 1.82) is 0 Å². The van der Waals surface area contributed by atoms with Gasteiger partial charge in [-0.1, -0.05) is 59.8 Å². The summed E-state index contributed by atoms with van der Waals surface area (Å²) in [5, 5.41) is 9.00. The van der Waals surface area contributed by atoms with Gasteiger partial charge in [-0.25, -0.2) is 9.50 Å². The average Bonchev–Trinajstić information content (AvgIpc) is 3.04. The molecule has 0 unspecified atom stereocenters. The lowest BCUT2D eigenvalue weighted by molar-refractivity contribution is 0.112. The van der Waals surface area contributed by atoms with E-state index in [-0.39, 0.29) is 0 Å². The second-order valence-electron chi connectivity index (χ2n) is 5.83. The Morgan fingerprint density at radius 3 is 2.74 bits per heavy atom. The van der Waals surface area contributed by atoms with Gasteiger partial charge in [-0.3, -0.25) is 4.79 Å². The topological polar surface area (TPSA) is 59.3 Å². The van der Waals surface area contributed by atoms with Crippen molar-refractivity contribution in [2.24, 2.45) is 0 Å². The number of halogens is 1. The van der Waals surface area contributed by atoms with E-state index in [1.54, 1.807) is 22.8 Å². The lowest BCUT2D eigenvalue weighted by atomic mass is 10.2. The van der Waals surface area contributed by atoms with Crippen LogP contribution in [0.15, 0.2) is 71.9 Å². The smallest absolute Gasteiger partial charge is 0.169 e. The van der Waals surface area contributed by atoms with Crippen molar-refractivity contribution in [3.63, 3.8) is 0 Å². The largest absolute Gasteiger partial charge is 0.340 e. The minimum Gasteiger partial charge on any atom is -0.340 e. The number of thioether (sulfide) groups is 1. The molecule has 0 aliphatic rings. The van der Waals surface area contributed by atoms with E-state index < -0.39 is 0 Å². The zero-order chi connectivity index (χ0) is 18.6. The van der Waals surface area contributed by atoms with Gasteiger partial charge in [0.25, 0.3) is 0 Å². The third-order valence-corrected chi connectivity index (χ3v) is 5.21. The Morgan fingerprint density at radius 2 is 1.96 bits per heavy atom. The molecule has 2 aromatic heterocycles. The van der Waals surface area contributed by atoms with Crippen molar-refractivity contribution in [1.82, 2.24) is 14.6 Å². The van der Waals surface area contributed by atoms with Crippen LogP contribution < -0.4 is 5.32 Å². The van der Waals surface area contributed by atoms with Crippen molar-refractivity contribution in [3.05, 3.63) is 83.0 Å². The summed E-state index contributed by atoms with van der Waals surface area (Å²) in [5.41, 5.74) is 3.01. The summed E-state index contributed by atoms with van der Waals surface area (Å²) < 4.78 is 1.63. The number of carbonyl (C=O) groups excluding carboxylic acids is 1. The van der Waals surface area contributed by atoms with Crippen LogP contribution in [0.5, 0.6) is 0 Å². The van der Waals surface area contributed by atoms with E-state index in [2.05, 4.69) is 27.5 Å². The summed E-state index contributed by atoms with van der Waals surface area (Å²) in [6.07, 6.45) is 2.60. The zero-order valence-corrected chi connectivity index (χ0v) is 15.7. The predicted molar refractivity (Wildman–Crippen MR) is 109 cm³/mol. The Hall–Kier alpha value is -2.83. The molecule has 27 heavy (non-hydrogen) atoms. The maximum absolute atomic E-state index is 11.7. The number of carbonyl (C=O) groups is 1. The number of hydrogen-bond acceptors (Lipinski definition) is 5. The molecular weight excluding hydrogens is 380 g/mol. The van der Waals surface area contributed by atoms with Crippen molar-refractivity contribution in [3.8, 4) is 0 Å². The molecule has 0 amide bonds. The standard InChI is InChI=1S/C20H15ClN4OS/c21-15-7-4-8-16(11-15)22-18-9-10-25-19(23-18)17(12-26)20(24-25)27-13-14-5-2-1-3-6-14/h1-12H,13H2,(H,22,23). The van der Waals surface area contributed by atoms with Gasteiger partial charge < -0.3 is 5.32 Å². The van der Waals surface area contributed by atoms with Crippen molar-refractivity contribution in [2.45, 2.75) is 10.8 Å². The molecule has 5 nitrogen and oxygen atoms in total. The number of nitrogens with one attached hydrogen (secondary N) is 1. The third kappa shape index (κ3) is 3.97. The number of fused-ring (bicyclic) bond motifs is 1. The van der Waals surface area contributed by atoms with E-state index in [4.69, 9.17) is 11.6 Å². The van der Waals surface area contributed by atoms with E-state index >= 15 is 0 Å². The maximum Gasteiger partial charge on any atom is 0.169 e. The number of benzene rings is 2. The first-order valence-electron chi connectivity index (χ1n) is 8.27. The van der Waals surface area contributed by atoms with Gasteiger partial charge in [-0.15, -0.1) is 0 Å². The van der Waals surface area contributed by atoms with Gasteiger partial charge in [0.05, 0.1) is 5.56 Å². The second kappa shape index (κ2) is 7.82. The highest BCUT2D eigenvalue weighted by Crippen LogP contribution is 2.27. The van der Waals surface area contributed by atoms with Crippen LogP contribution in [0.1, 0.15) is 15.9 Å². The summed E-state index contributed by atoms with van der Waals surface area (Å²) in [6.45, 7) is 0. The SMILES string of the molecule is O=Cc1c(SCc2ccccc2)nn2ccc(Nc3cccc(Cl)c3)nc12. The zero-order valence-electron chi connectivity index (χ0n) is 14.2. The Balaban J connectivity index is 1.62. The van der Waals surface area contributed by atoms with Crippen LogP contribution in [0.2, 0.25) is 5.02 Å². The van der Waals surface area contributed by atoms with Crippen LogP contribution in [-0.4, -0.2) is 20.9 Å². The average molecular weight is 395 g/mol. The van der Waals surface area contributed by atoms with Gasteiger partial charge in [0.1, 0.15) is 10.8 Å². The van der Waals surface area contributed by atoms with E-state index in [0.29, 0.717) is 27.1 Å². The fraction of sp³-hybridized carbons (Fsp3) is 0.0500.